The van der Waals surface area contributed by atoms with Crippen LogP contribution in [0, 0.1) is 5.92 Å². The lowest BCUT2D eigenvalue weighted by Crippen LogP contribution is -2.38. The highest BCUT2D eigenvalue weighted by Crippen LogP contribution is 2.22. The molecule has 2 heterocycles. The number of hydrogen-bond donors (Lipinski definition) is 2. The van der Waals surface area contributed by atoms with Crippen molar-refractivity contribution in [2.75, 3.05) is 38.6 Å². The van der Waals surface area contributed by atoms with Gasteiger partial charge in [-0.05, 0) is 55.6 Å². The van der Waals surface area contributed by atoms with E-state index < -0.39 is 0 Å². The quantitative estimate of drug-likeness (QED) is 0.880. The first-order valence-corrected chi connectivity index (χ1v) is 8.85. The highest BCUT2D eigenvalue weighted by atomic mass is 16.1. The number of nitrogens with one attached hydrogen (secondary N) is 2. The SMILES string of the molecule is CN(C)c1ccc(-c2cncc(C(=O)NCC3CCCNC3)c2)cc1. The third-order valence-electron chi connectivity index (χ3n) is 4.67. The zero-order valence-corrected chi connectivity index (χ0v) is 15.0. The van der Waals surface area contributed by atoms with Gasteiger partial charge < -0.3 is 15.5 Å². The van der Waals surface area contributed by atoms with Gasteiger partial charge in [0.15, 0.2) is 0 Å². The van der Waals surface area contributed by atoms with Gasteiger partial charge in [-0.25, -0.2) is 0 Å². The van der Waals surface area contributed by atoms with Gasteiger partial charge in [-0.1, -0.05) is 12.1 Å². The molecule has 3 rings (SSSR count). The summed E-state index contributed by atoms with van der Waals surface area (Å²) in [5.74, 6) is 0.470. The summed E-state index contributed by atoms with van der Waals surface area (Å²) in [7, 11) is 4.03. The molecule has 0 bridgehead atoms. The van der Waals surface area contributed by atoms with E-state index in [9.17, 15) is 4.79 Å². The summed E-state index contributed by atoms with van der Waals surface area (Å²) in [6.07, 6.45) is 5.78. The van der Waals surface area contributed by atoms with Gasteiger partial charge in [0.2, 0.25) is 0 Å². The molecule has 1 atom stereocenters. The topological polar surface area (TPSA) is 57.3 Å². The van der Waals surface area contributed by atoms with E-state index in [-0.39, 0.29) is 5.91 Å². The molecule has 1 saturated heterocycles. The number of aromatic nitrogens is 1. The molecule has 2 N–H and O–H groups in total. The molecule has 1 fully saturated rings. The fourth-order valence-corrected chi connectivity index (χ4v) is 3.11. The minimum atomic E-state index is -0.0511. The molecule has 1 amide bonds. The summed E-state index contributed by atoms with van der Waals surface area (Å²) in [5.41, 5.74) is 3.77. The van der Waals surface area contributed by atoms with E-state index in [2.05, 4.69) is 44.8 Å². The predicted molar refractivity (Wildman–Crippen MR) is 102 cm³/mol. The van der Waals surface area contributed by atoms with Crippen molar-refractivity contribution >= 4 is 11.6 Å². The predicted octanol–water partition coefficient (Wildman–Crippen LogP) is 2.54. The van der Waals surface area contributed by atoms with Crippen LogP contribution >= 0.6 is 0 Å². The molecule has 0 aliphatic carbocycles. The average Bonchev–Trinajstić information content (AvgIpc) is 2.67. The van der Waals surface area contributed by atoms with Crippen molar-refractivity contribution in [2.24, 2.45) is 5.92 Å². The Hall–Kier alpha value is -2.40. The molecule has 0 radical (unpaired) electrons. The summed E-state index contributed by atoms with van der Waals surface area (Å²) in [4.78, 5) is 18.7. The zero-order valence-electron chi connectivity index (χ0n) is 15.0. The number of carbonyl (C=O) groups is 1. The van der Waals surface area contributed by atoms with Gasteiger partial charge in [0.1, 0.15) is 0 Å². The van der Waals surface area contributed by atoms with Crippen LogP contribution < -0.4 is 15.5 Å². The van der Waals surface area contributed by atoms with Crippen LogP contribution in [0.25, 0.3) is 11.1 Å². The maximum atomic E-state index is 12.4. The number of carbonyl (C=O) groups excluding carboxylic acids is 1. The Morgan fingerprint density at radius 1 is 1.24 bits per heavy atom. The van der Waals surface area contributed by atoms with Crippen LogP contribution in [-0.4, -0.2) is 44.6 Å². The molecular formula is C20H26N4O. The van der Waals surface area contributed by atoms with Crippen molar-refractivity contribution in [1.82, 2.24) is 15.6 Å². The summed E-state index contributed by atoms with van der Waals surface area (Å²) in [6, 6.07) is 10.2. The molecule has 1 aromatic carbocycles. The van der Waals surface area contributed by atoms with Gasteiger partial charge in [0.25, 0.3) is 5.91 Å². The molecule has 1 unspecified atom stereocenters. The lowest BCUT2D eigenvalue weighted by Gasteiger charge is -2.22. The van der Waals surface area contributed by atoms with Crippen molar-refractivity contribution in [1.29, 1.82) is 0 Å². The highest BCUT2D eigenvalue weighted by Gasteiger charge is 2.15. The monoisotopic (exact) mass is 338 g/mol. The highest BCUT2D eigenvalue weighted by molar-refractivity contribution is 5.95. The smallest absolute Gasteiger partial charge is 0.252 e. The van der Waals surface area contributed by atoms with E-state index in [1.807, 2.05) is 20.2 Å². The first-order chi connectivity index (χ1) is 12.1. The Morgan fingerprint density at radius 3 is 2.72 bits per heavy atom. The number of benzene rings is 1. The number of amides is 1. The van der Waals surface area contributed by atoms with Gasteiger partial charge in [-0.2, -0.15) is 0 Å². The summed E-state index contributed by atoms with van der Waals surface area (Å²) < 4.78 is 0. The van der Waals surface area contributed by atoms with E-state index >= 15 is 0 Å². The Bertz CT molecular complexity index is 706. The van der Waals surface area contributed by atoms with Crippen LogP contribution in [0.5, 0.6) is 0 Å². The van der Waals surface area contributed by atoms with Crippen LogP contribution in [0.2, 0.25) is 0 Å². The molecule has 0 spiro atoms. The first kappa shape index (κ1) is 17.4. The van der Waals surface area contributed by atoms with Crippen LogP contribution in [0.1, 0.15) is 23.2 Å². The lowest BCUT2D eigenvalue weighted by molar-refractivity contribution is 0.0944. The Balaban J connectivity index is 1.66. The summed E-state index contributed by atoms with van der Waals surface area (Å²) in [5, 5.41) is 6.42. The third-order valence-corrected chi connectivity index (χ3v) is 4.67. The molecule has 5 heteroatoms. The number of piperidine rings is 1. The minimum absolute atomic E-state index is 0.0511. The molecule has 1 aliphatic heterocycles. The molecule has 0 saturated carbocycles. The summed E-state index contributed by atoms with van der Waals surface area (Å²) in [6.45, 7) is 2.79. The number of pyridine rings is 1. The molecule has 5 nitrogen and oxygen atoms in total. The van der Waals surface area contributed by atoms with Crippen molar-refractivity contribution in [2.45, 2.75) is 12.8 Å². The number of hydrogen-bond acceptors (Lipinski definition) is 4. The largest absolute Gasteiger partial charge is 0.378 e. The van der Waals surface area contributed by atoms with Crippen LogP contribution in [-0.2, 0) is 0 Å². The molecule has 1 aromatic heterocycles. The standard InChI is InChI=1S/C20H26N4O/c1-24(2)19-7-5-16(6-8-19)17-10-18(14-22-13-17)20(25)23-12-15-4-3-9-21-11-15/h5-8,10,13-15,21H,3-4,9,11-12H2,1-2H3,(H,23,25). The van der Waals surface area contributed by atoms with E-state index in [1.54, 1.807) is 12.4 Å². The second-order valence-electron chi connectivity index (χ2n) is 6.83. The number of anilines is 1. The Labute approximate surface area is 149 Å². The molecule has 132 valence electrons. The first-order valence-electron chi connectivity index (χ1n) is 8.85. The van der Waals surface area contributed by atoms with E-state index in [0.29, 0.717) is 18.0 Å². The van der Waals surface area contributed by atoms with Crippen molar-refractivity contribution in [3.8, 4) is 11.1 Å². The van der Waals surface area contributed by atoms with Crippen molar-refractivity contribution < 1.29 is 4.79 Å². The fourth-order valence-electron chi connectivity index (χ4n) is 3.11. The second-order valence-corrected chi connectivity index (χ2v) is 6.83. The zero-order chi connectivity index (χ0) is 17.6. The Kier molecular flexibility index (Phi) is 5.66. The Morgan fingerprint density at radius 2 is 2.04 bits per heavy atom. The van der Waals surface area contributed by atoms with Crippen LogP contribution in [0.3, 0.4) is 0 Å². The number of rotatable bonds is 5. The number of nitrogens with zero attached hydrogens (tertiary/aromatic N) is 2. The summed E-state index contributed by atoms with van der Waals surface area (Å²) >= 11 is 0. The minimum Gasteiger partial charge on any atom is -0.378 e. The molecule has 1 aliphatic rings. The van der Waals surface area contributed by atoms with Gasteiger partial charge >= 0.3 is 0 Å². The fraction of sp³-hybridized carbons (Fsp3) is 0.400. The van der Waals surface area contributed by atoms with E-state index in [0.717, 1.165) is 29.9 Å². The normalized spacial score (nSPS) is 17.1. The van der Waals surface area contributed by atoms with Crippen LogP contribution in [0.4, 0.5) is 5.69 Å². The van der Waals surface area contributed by atoms with Gasteiger partial charge in [0, 0.05) is 44.3 Å². The molecule has 2 aromatic rings. The second kappa shape index (κ2) is 8.12. The van der Waals surface area contributed by atoms with Crippen LogP contribution in [0.15, 0.2) is 42.7 Å². The average molecular weight is 338 g/mol. The van der Waals surface area contributed by atoms with Crippen molar-refractivity contribution in [3.05, 3.63) is 48.3 Å². The van der Waals surface area contributed by atoms with Gasteiger partial charge in [-0.15, -0.1) is 0 Å². The van der Waals surface area contributed by atoms with Crippen molar-refractivity contribution in [3.63, 3.8) is 0 Å². The maximum absolute atomic E-state index is 12.4. The maximum Gasteiger partial charge on any atom is 0.252 e. The van der Waals surface area contributed by atoms with Gasteiger partial charge in [-0.3, -0.25) is 9.78 Å². The molecular weight excluding hydrogens is 312 g/mol. The third kappa shape index (κ3) is 4.57. The lowest BCUT2D eigenvalue weighted by atomic mass is 9.99. The van der Waals surface area contributed by atoms with E-state index in [4.69, 9.17) is 0 Å². The van der Waals surface area contributed by atoms with E-state index in [1.165, 1.54) is 12.8 Å². The van der Waals surface area contributed by atoms with Gasteiger partial charge in [0.05, 0.1) is 5.56 Å². The molecule has 25 heavy (non-hydrogen) atoms.